The fourth-order valence-corrected chi connectivity index (χ4v) is 1.92. The van der Waals surface area contributed by atoms with Crippen LogP contribution in [-0.2, 0) is 16.1 Å². The fourth-order valence-electron chi connectivity index (χ4n) is 1.92. The van der Waals surface area contributed by atoms with Gasteiger partial charge >= 0.3 is 0 Å². The summed E-state index contributed by atoms with van der Waals surface area (Å²) in [6.07, 6.45) is 3.50. The summed E-state index contributed by atoms with van der Waals surface area (Å²) < 4.78 is 5.72. The number of ketones is 1. The lowest BCUT2D eigenvalue weighted by Crippen LogP contribution is -2.22. The predicted molar refractivity (Wildman–Crippen MR) is 58.5 cm³/mol. The van der Waals surface area contributed by atoms with Gasteiger partial charge in [-0.2, -0.15) is 0 Å². The third-order valence-corrected chi connectivity index (χ3v) is 2.77. The van der Waals surface area contributed by atoms with Gasteiger partial charge in [-0.25, -0.2) is 0 Å². The quantitative estimate of drug-likeness (QED) is 0.756. The molecule has 0 unspecified atom stereocenters. The van der Waals surface area contributed by atoms with Gasteiger partial charge in [0.15, 0.2) is 0 Å². The number of hydrogen-bond acceptors (Lipinski definition) is 2. The second-order valence-electron chi connectivity index (χ2n) is 4.05. The molecule has 1 aromatic carbocycles. The number of carbonyl (C=O) groups excluding carboxylic acids is 1. The Labute approximate surface area is 90.3 Å². The molecule has 1 fully saturated rings. The molecule has 0 radical (unpaired) electrons. The highest BCUT2D eigenvalue weighted by atomic mass is 16.5. The van der Waals surface area contributed by atoms with E-state index in [1.807, 2.05) is 30.3 Å². The Morgan fingerprint density at radius 1 is 1.27 bits per heavy atom. The van der Waals surface area contributed by atoms with E-state index in [4.69, 9.17) is 4.74 Å². The first-order valence-electron chi connectivity index (χ1n) is 5.52. The van der Waals surface area contributed by atoms with Crippen LogP contribution in [0.1, 0.15) is 31.2 Å². The van der Waals surface area contributed by atoms with Crippen LogP contribution in [-0.4, -0.2) is 11.9 Å². The van der Waals surface area contributed by atoms with Crippen LogP contribution in [0.5, 0.6) is 0 Å². The average Bonchev–Trinajstić information content (AvgIpc) is 2.28. The lowest BCUT2D eigenvalue weighted by atomic mass is 9.96. The fraction of sp³-hybridized carbons (Fsp3) is 0.462. The summed E-state index contributed by atoms with van der Waals surface area (Å²) in [7, 11) is 0. The van der Waals surface area contributed by atoms with E-state index in [0.29, 0.717) is 18.8 Å². The third-order valence-electron chi connectivity index (χ3n) is 2.77. The standard InChI is InChI=1S/C13H16O2/c14-12-7-4-8-13(9-12)15-10-11-5-2-1-3-6-11/h1-3,5-6,13H,4,7-10H2/t13-/m0/s1. The van der Waals surface area contributed by atoms with Crippen molar-refractivity contribution in [2.75, 3.05) is 0 Å². The van der Waals surface area contributed by atoms with Crippen molar-refractivity contribution in [1.82, 2.24) is 0 Å². The number of carbonyl (C=O) groups is 1. The van der Waals surface area contributed by atoms with Crippen molar-refractivity contribution in [1.29, 1.82) is 0 Å². The number of Topliss-reactive ketones (excluding diaryl/α,β-unsaturated/α-hetero) is 1. The first-order chi connectivity index (χ1) is 7.34. The molecule has 80 valence electrons. The SMILES string of the molecule is O=C1CCC[C@H](OCc2ccccc2)C1. The van der Waals surface area contributed by atoms with Crippen LogP contribution in [0, 0.1) is 0 Å². The molecular formula is C13H16O2. The van der Waals surface area contributed by atoms with E-state index in [-0.39, 0.29) is 6.10 Å². The molecular weight excluding hydrogens is 188 g/mol. The Bertz CT molecular complexity index is 319. The Kier molecular flexibility index (Phi) is 3.51. The number of benzene rings is 1. The minimum Gasteiger partial charge on any atom is -0.373 e. The summed E-state index contributed by atoms with van der Waals surface area (Å²) in [6.45, 7) is 0.624. The highest BCUT2D eigenvalue weighted by Crippen LogP contribution is 2.18. The summed E-state index contributed by atoms with van der Waals surface area (Å²) in [5, 5.41) is 0. The Hall–Kier alpha value is -1.15. The number of rotatable bonds is 3. The molecule has 0 spiro atoms. The summed E-state index contributed by atoms with van der Waals surface area (Å²) in [5.41, 5.74) is 1.18. The zero-order valence-corrected chi connectivity index (χ0v) is 8.82. The normalized spacial score (nSPS) is 21.6. The van der Waals surface area contributed by atoms with Crippen LogP contribution in [0.3, 0.4) is 0 Å². The third kappa shape index (κ3) is 3.17. The van der Waals surface area contributed by atoms with E-state index in [1.165, 1.54) is 5.56 Å². The van der Waals surface area contributed by atoms with Gasteiger partial charge < -0.3 is 4.74 Å². The second kappa shape index (κ2) is 5.08. The number of ether oxygens (including phenoxy) is 1. The first-order valence-corrected chi connectivity index (χ1v) is 5.52. The van der Waals surface area contributed by atoms with Gasteiger partial charge in [-0.1, -0.05) is 30.3 Å². The largest absolute Gasteiger partial charge is 0.373 e. The monoisotopic (exact) mass is 204 g/mol. The maximum atomic E-state index is 11.2. The summed E-state index contributed by atoms with van der Waals surface area (Å²) >= 11 is 0. The van der Waals surface area contributed by atoms with Gasteiger partial charge in [-0.15, -0.1) is 0 Å². The second-order valence-corrected chi connectivity index (χ2v) is 4.05. The average molecular weight is 204 g/mol. The zero-order valence-electron chi connectivity index (χ0n) is 8.82. The lowest BCUT2D eigenvalue weighted by molar-refractivity contribution is -0.124. The van der Waals surface area contributed by atoms with Gasteiger partial charge in [-0.05, 0) is 18.4 Å². The van der Waals surface area contributed by atoms with Gasteiger partial charge in [0.2, 0.25) is 0 Å². The maximum Gasteiger partial charge on any atom is 0.135 e. The topological polar surface area (TPSA) is 26.3 Å². The van der Waals surface area contributed by atoms with Crippen LogP contribution in [0.25, 0.3) is 0 Å². The Balaban J connectivity index is 1.80. The summed E-state index contributed by atoms with van der Waals surface area (Å²) in [5.74, 6) is 0.347. The Morgan fingerprint density at radius 2 is 2.07 bits per heavy atom. The molecule has 2 rings (SSSR count). The summed E-state index contributed by atoms with van der Waals surface area (Å²) in [6, 6.07) is 10.1. The molecule has 1 aliphatic carbocycles. The molecule has 15 heavy (non-hydrogen) atoms. The van der Waals surface area contributed by atoms with E-state index in [9.17, 15) is 4.79 Å². The minimum absolute atomic E-state index is 0.145. The van der Waals surface area contributed by atoms with Crippen LogP contribution in [0.2, 0.25) is 0 Å². The smallest absolute Gasteiger partial charge is 0.135 e. The molecule has 0 aromatic heterocycles. The molecule has 0 saturated heterocycles. The van der Waals surface area contributed by atoms with Crippen molar-refractivity contribution >= 4 is 5.78 Å². The molecule has 0 bridgehead atoms. The highest BCUT2D eigenvalue weighted by Gasteiger charge is 2.19. The van der Waals surface area contributed by atoms with Gasteiger partial charge in [0.1, 0.15) is 5.78 Å². The molecule has 0 amide bonds. The van der Waals surface area contributed by atoms with Crippen molar-refractivity contribution < 1.29 is 9.53 Å². The van der Waals surface area contributed by atoms with E-state index in [2.05, 4.69) is 0 Å². The summed E-state index contributed by atoms with van der Waals surface area (Å²) in [4.78, 5) is 11.2. The molecule has 1 saturated carbocycles. The van der Waals surface area contributed by atoms with Crippen molar-refractivity contribution in [3.8, 4) is 0 Å². The van der Waals surface area contributed by atoms with Crippen molar-refractivity contribution in [3.05, 3.63) is 35.9 Å². The zero-order chi connectivity index (χ0) is 10.5. The Morgan fingerprint density at radius 3 is 2.80 bits per heavy atom. The van der Waals surface area contributed by atoms with E-state index in [0.717, 1.165) is 19.3 Å². The molecule has 1 aliphatic rings. The van der Waals surface area contributed by atoms with Gasteiger partial charge in [0, 0.05) is 12.8 Å². The maximum absolute atomic E-state index is 11.2. The van der Waals surface area contributed by atoms with Crippen molar-refractivity contribution in [3.63, 3.8) is 0 Å². The lowest BCUT2D eigenvalue weighted by Gasteiger charge is -2.21. The van der Waals surface area contributed by atoms with Gasteiger partial charge in [0.05, 0.1) is 12.7 Å². The molecule has 0 aliphatic heterocycles. The number of hydrogen-bond donors (Lipinski definition) is 0. The molecule has 1 atom stereocenters. The van der Waals surface area contributed by atoms with E-state index < -0.39 is 0 Å². The van der Waals surface area contributed by atoms with Crippen LogP contribution in [0.4, 0.5) is 0 Å². The van der Waals surface area contributed by atoms with Crippen LogP contribution < -0.4 is 0 Å². The first kappa shape index (κ1) is 10.4. The van der Waals surface area contributed by atoms with E-state index in [1.54, 1.807) is 0 Å². The molecule has 2 heteroatoms. The van der Waals surface area contributed by atoms with Gasteiger partial charge in [0.25, 0.3) is 0 Å². The molecule has 0 N–H and O–H groups in total. The van der Waals surface area contributed by atoms with Crippen molar-refractivity contribution in [2.24, 2.45) is 0 Å². The predicted octanol–water partition coefficient (Wildman–Crippen LogP) is 2.71. The van der Waals surface area contributed by atoms with Crippen LogP contribution >= 0.6 is 0 Å². The minimum atomic E-state index is 0.145. The highest BCUT2D eigenvalue weighted by molar-refractivity contribution is 5.79. The molecule has 1 aromatic rings. The molecule has 2 nitrogen and oxygen atoms in total. The molecule has 0 heterocycles. The van der Waals surface area contributed by atoms with E-state index >= 15 is 0 Å². The van der Waals surface area contributed by atoms with Gasteiger partial charge in [-0.3, -0.25) is 4.79 Å². The van der Waals surface area contributed by atoms with Crippen molar-refractivity contribution in [2.45, 2.75) is 38.4 Å². The van der Waals surface area contributed by atoms with Crippen LogP contribution in [0.15, 0.2) is 30.3 Å².